The number of morpholine rings is 1. The molecule has 1 saturated heterocycles. The van der Waals surface area contributed by atoms with Crippen LogP contribution in [0.25, 0.3) is 0 Å². The third kappa shape index (κ3) is 2.19. The lowest BCUT2D eigenvalue weighted by atomic mass is 9.96. The van der Waals surface area contributed by atoms with Crippen molar-refractivity contribution in [3.05, 3.63) is 0 Å². The average Bonchev–Trinajstić information content (AvgIpc) is 2.18. The normalized spacial score (nSPS) is 21.9. The van der Waals surface area contributed by atoms with Gasteiger partial charge in [-0.3, -0.25) is 4.90 Å². The van der Waals surface area contributed by atoms with Gasteiger partial charge in [0, 0.05) is 13.1 Å². The van der Waals surface area contributed by atoms with E-state index in [4.69, 9.17) is 9.94 Å². The predicted molar refractivity (Wildman–Crippen MR) is 51.4 cm³/mol. The van der Waals surface area contributed by atoms with Gasteiger partial charge in [-0.2, -0.15) is 0 Å². The Morgan fingerprint density at radius 1 is 1.38 bits per heavy atom. The van der Waals surface area contributed by atoms with Crippen molar-refractivity contribution in [2.75, 3.05) is 26.3 Å². The maximum Gasteiger partial charge on any atom is 0.0736 e. The molecule has 1 rings (SSSR count). The first kappa shape index (κ1) is 10.5. The van der Waals surface area contributed by atoms with Crippen molar-refractivity contribution in [3.63, 3.8) is 0 Å². The molecule has 0 radical (unpaired) electrons. The molecule has 0 spiro atoms. The molecule has 1 aliphatic rings. The van der Waals surface area contributed by atoms with Crippen LogP contribution in [0.1, 0.15) is 20.8 Å². The summed E-state index contributed by atoms with van der Waals surface area (Å²) < 4.78 is 5.26. The van der Waals surface area contributed by atoms with Gasteiger partial charge in [-0.15, -0.1) is 0 Å². The van der Waals surface area contributed by atoms with Gasteiger partial charge in [0.2, 0.25) is 0 Å². The summed E-state index contributed by atoms with van der Waals surface area (Å²) in [6.45, 7) is 9.31. The fourth-order valence-corrected chi connectivity index (χ4v) is 1.47. The summed E-state index contributed by atoms with van der Waals surface area (Å²) in [5, 5.41) is 12.0. The Balaban J connectivity index is 2.66. The zero-order valence-electron chi connectivity index (χ0n) is 8.58. The molecule has 4 heteroatoms. The van der Waals surface area contributed by atoms with Crippen LogP contribution >= 0.6 is 0 Å². The summed E-state index contributed by atoms with van der Waals surface area (Å²) >= 11 is 0. The molecule has 0 unspecified atom stereocenters. The molecule has 0 aliphatic carbocycles. The smallest absolute Gasteiger partial charge is 0.0736 e. The number of hydrogen-bond donors (Lipinski definition) is 1. The zero-order chi connectivity index (χ0) is 9.90. The van der Waals surface area contributed by atoms with Gasteiger partial charge in [-0.1, -0.05) is 5.16 Å². The van der Waals surface area contributed by atoms with E-state index in [1.165, 1.54) is 0 Å². The van der Waals surface area contributed by atoms with Gasteiger partial charge in [0.15, 0.2) is 0 Å². The summed E-state index contributed by atoms with van der Waals surface area (Å²) in [4.78, 5) is 2.27. The third-order valence-corrected chi connectivity index (χ3v) is 2.84. The summed E-state index contributed by atoms with van der Waals surface area (Å²) in [6.07, 6.45) is 0. The molecule has 0 atom stereocenters. The van der Waals surface area contributed by atoms with Gasteiger partial charge in [-0.25, -0.2) is 0 Å². The number of ether oxygens (including phenoxy) is 1. The maximum atomic E-state index is 8.73. The van der Waals surface area contributed by atoms with Gasteiger partial charge >= 0.3 is 0 Å². The highest BCUT2D eigenvalue weighted by molar-refractivity contribution is 5.90. The van der Waals surface area contributed by atoms with Crippen LogP contribution in [-0.4, -0.2) is 47.7 Å². The first-order valence-corrected chi connectivity index (χ1v) is 4.61. The van der Waals surface area contributed by atoms with Crippen LogP contribution in [0.2, 0.25) is 0 Å². The molecule has 1 N–H and O–H groups in total. The fraction of sp³-hybridized carbons (Fsp3) is 0.889. The number of hydrogen-bond acceptors (Lipinski definition) is 4. The minimum Gasteiger partial charge on any atom is -0.411 e. The molecule has 1 heterocycles. The van der Waals surface area contributed by atoms with E-state index in [0.29, 0.717) is 0 Å². The largest absolute Gasteiger partial charge is 0.411 e. The van der Waals surface area contributed by atoms with Gasteiger partial charge in [-0.05, 0) is 20.8 Å². The zero-order valence-corrected chi connectivity index (χ0v) is 8.58. The lowest BCUT2D eigenvalue weighted by molar-refractivity contribution is 0.00921. The van der Waals surface area contributed by atoms with Gasteiger partial charge < -0.3 is 9.94 Å². The standard InChI is InChI=1S/C9H18N2O2/c1-8(10-12)9(2,3)11-4-6-13-7-5-11/h12H,4-7H2,1-3H3/b10-8+. The Morgan fingerprint density at radius 3 is 2.38 bits per heavy atom. The average molecular weight is 186 g/mol. The molecular formula is C9H18N2O2. The monoisotopic (exact) mass is 186 g/mol. The topological polar surface area (TPSA) is 45.1 Å². The van der Waals surface area contributed by atoms with E-state index in [1.807, 2.05) is 6.92 Å². The van der Waals surface area contributed by atoms with Crippen molar-refractivity contribution in [2.24, 2.45) is 5.16 Å². The van der Waals surface area contributed by atoms with E-state index in [9.17, 15) is 0 Å². The molecule has 76 valence electrons. The SMILES string of the molecule is C/C(=N\O)C(C)(C)N1CCOCC1. The quantitative estimate of drug-likeness (QED) is 0.396. The predicted octanol–water partition coefficient (Wildman–Crippen LogP) is 0.947. The van der Waals surface area contributed by atoms with E-state index < -0.39 is 0 Å². The summed E-state index contributed by atoms with van der Waals surface area (Å²) in [5.41, 5.74) is 0.577. The molecule has 4 nitrogen and oxygen atoms in total. The highest BCUT2D eigenvalue weighted by Crippen LogP contribution is 2.17. The van der Waals surface area contributed by atoms with Gasteiger partial charge in [0.1, 0.15) is 0 Å². The van der Waals surface area contributed by atoms with E-state index in [2.05, 4.69) is 23.9 Å². The van der Waals surface area contributed by atoms with Crippen LogP contribution in [0.4, 0.5) is 0 Å². The molecule has 0 aromatic carbocycles. The molecular weight excluding hydrogens is 168 g/mol. The first-order valence-electron chi connectivity index (χ1n) is 4.61. The summed E-state index contributed by atoms with van der Waals surface area (Å²) in [5.74, 6) is 0. The Hall–Kier alpha value is -0.610. The lowest BCUT2D eigenvalue weighted by Gasteiger charge is -2.40. The third-order valence-electron chi connectivity index (χ3n) is 2.84. The Labute approximate surface area is 79.2 Å². The second-order valence-electron chi connectivity index (χ2n) is 3.84. The van der Waals surface area contributed by atoms with E-state index in [1.54, 1.807) is 0 Å². The maximum absolute atomic E-state index is 8.73. The van der Waals surface area contributed by atoms with Gasteiger partial charge in [0.05, 0.1) is 24.5 Å². The second-order valence-corrected chi connectivity index (χ2v) is 3.84. The summed E-state index contributed by atoms with van der Waals surface area (Å²) in [6, 6.07) is 0. The molecule has 1 fully saturated rings. The minimum absolute atomic E-state index is 0.168. The molecule has 0 aromatic heterocycles. The van der Waals surface area contributed by atoms with Crippen molar-refractivity contribution in [1.29, 1.82) is 0 Å². The van der Waals surface area contributed by atoms with Crippen LogP contribution in [-0.2, 0) is 4.74 Å². The van der Waals surface area contributed by atoms with Crippen molar-refractivity contribution >= 4 is 5.71 Å². The Morgan fingerprint density at radius 2 is 1.92 bits per heavy atom. The van der Waals surface area contributed by atoms with E-state index in [-0.39, 0.29) is 5.54 Å². The van der Waals surface area contributed by atoms with Crippen molar-refractivity contribution in [3.8, 4) is 0 Å². The second kappa shape index (κ2) is 4.07. The molecule has 13 heavy (non-hydrogen) atoms. The van der Waals surface area contributed by atoms with Gasteiger partial charge in [0.25, 0.3) is 0 Å². The highest BCUT2D eigenvalue weighted by atomic mass is 16.5. The van der Waals surface area contributed by atoms with E-state index in [0.717, 1.165) is 32.0 Å². The number of oxime groups is 1. The fourth-order valence-electron chi connectivity index (χ4n) is 1.47. The molecule has 0 bridgehead atoms. The Kier molecular flexibility index (Phi) is 3.27. The van der Waals surface area contributed by atoms with Crippen molar-refractivity contribution in [1.82, 2.24) is 4.90 Å². The summed E-state index contributed by atoms with van der Waals surface area (Å²) in [7, 11) is 0. The lowest BCUT2D eigenvalue weighted by Crippen LogP contribution is -2.53. The van der Waals surface area contributed by atoms with Crippen molar-refractivity contribution in [2.45, 2.75) is 26.3 Å². The van der Waals surface area contributed by atoms with Crippen LogP contribution in [0.5, 0.6) is 0 Å². The van der Waals surface area contributed by atoms with Crippen LogP contribution < -0.4 is 0 Å². The minimum atomic E-state index is -0.168. The molecule has 0 aromatic rings. The molecule has 0 amide bonds. The number of nitrogens with zero attached hydrogens (tertiary/aromatic N) is 2. The first-order chi connectivity index (χ1) is 6.09. The highest BCUT2D eigenvalue weighted by Gasteiger charge is 2.31. The van der Waals surface area contributed by atoms with E-state index >= 15 is 0 Å². The number of rotatable bonds is 2. The van der Waals surface area contributed by atoms with Crippen LogP contribution in [0.15, 0.2) is 5.16 Å². The molecule has 1 aliphatic heterocycles. The van der Waals surface area contributed by atoms with Crippen molar-refractivity contribution < 1.29 is 9.94 Å². The van der Waals surface area contributed by atoms with Crippen LogP contribution in [0, 0.1) is 0 Å². The Bertz CT molecular complexity index is 196. The van der Waals surface area contributed by atoms with Crippen LogP contribution in [0.3, 0.4) is 0 Å². The molecule has 0 saturated carbocycles.